The van der Waals surface area contributed by atoms with Crippen molar-refractivity contribution in [2.45, 2.75) is 38.8 Å². The van der Waals surface area contributed by atoms with Crippen molar-refractivity contribution in [3.8, 4) is 6.07 Å². The molecule has 0 aliphatic carbocycles. The maximum absolute atomic E-state index is 8.95. The summed E-state index contributed by atoms with van der Waals surface area (Å²) in [5.74, 6) is 0. The predicted molar refractivity (Wildman–Crippen MR) is 58.1 cm³/mol. The first-order valence-electron chi connectivity index (χ1n) is 4.55. The number of nitrogens with zero attached hydrogens (tertiary/aromatic N) is 2. The van der Waals surface area contributed by atoms with E-state index in [1.54, 1.807) is 16.8 Å². The van der Waals surface area contributed by atoms with Crippen LogP contribution in [-0.2, 0) is 6.42 Å². The number of hydrogen-bond acceptors (Lipinski definition) is 4. The van der Waals surface area contributed by atoms with Gasteiger partial charge in [0, 0.05) is 17.3 Å². The van der Waals surface area contributed by atoms with Crippen LogP contribution in [0.3, 0.4) is 0 Å². The molecule has 4 heteroatoms. The van der Waals surface area contributed by atoms with E-state index in [1.165, 1.54) is 0 Å². The van der Waals surface area contributed by atoms with E-state index in [1.807, 2.05) is 5.38 Å². The van der Waals surface area contributed by atoms with Crippen LogP contribution in [0.4, 0.5) is 0 Å². The largest absolute Gasteiger partial charge is 0.297 e. The summed E-state index contributed by atoms with van der Waals surface area (Å²) in [7, 11) is 0. The zero-order valence-corrected chi connectivity index (χ0v) is 9.56. The van der Waals surface area contributed by atoms with E-state index in [9.17, 15) is 0 Å². The topological polar surface area (TPSA) is 48.7 Å². The Bertz CT molecular complexity index is 305. The zero-order chi connectivity index (χ0) is 10.6. The van der Waals surface area contributed by atoms with Gasteiger partial charge in [-0.15, -0.1) is 11.3 Å². The lowest BCUT2D eigenvalue weighted by molar-refractivity contribution is 0.393. The van der Waals surface area contributed by atoms with Crippen LogP contribution in [0.1, 0.15) is 26.5 Å². The van der Waals surface area contributed by atoms with Gasteiger partial charge in [0.1, 0.15) is 6.04 Å². The van der Waals surface area contributed by atoms with E-state index in [0.29, 0.717) is 6.42 Å². The fourth-order valence-electron chi connectivity index (χ4n) is 1.20. The van der Waals surface area contributed by atoms with Gasteiger partial charge >= 0.3 is 0 Å². The van der Waals surface area contributed by atoms with Crippen LogP contribution in [0, 0.1) is 11.3 Å². The third kappa shape index (κ3) is 3.86. The lowest BCUT2D eigenvalue weighted by atomic mass is 10.1. The van der Waals surface area contributed by atoms with Crippen LogP contribution in [0.25, 0.3) is 0 Å². The standard InChI is InChI=1S/C10H15N3S/c1-10(2,3)13-8(5-11)4-9-6-14-7-12-9/h6-8,13H,4H2,1-3H3. The molecule has 0 radical (unpaired) electrons. The van der Waals surface area contributed by atoms with Gasteiger partial charge in [-0.1, -0.05) is 0 Å². The highest BCUT2D eigenvalue weighted by Gasteiger charge is 2.17. The minimum Gasteiger partial charge on any atom is -0.297 e. The van der Waals surface area contributed by atoms with Gasteiger partial charge in [-0.05, 0) is 20.8 Å². The molecule has 0 amide bonds. The molecule has 1 heterocycles. The van der Waals surface area contributed by atoms with Gasteiger partial charge in [0.05, 0.1) is 17.3 Å². The monoisotopic (exact) mass is 209 g/mol. The Hall–Kier alpha value is -0.920. The average molecular weight is 209 g/mol. The average Bonchev–Trinajstić information content (AvgIpc) is 2.53. The molecule has 0 saturated heterocycles. The highest BCUT2D eigenvalue weighted by atomic mass is 32.1. The molecule has 0 spiro atoms. The number of thiazole rings is 1. The van der Waals surface area contributed by atoms with Crippen LogP contribution in [-0.4, -0.2) is 16.6 Å². The summed E-state index contributed by atoms with van der Waals surface area (Å²) in [4.78, 5) is 4.16. The Labute approximate surface area is 88.8 Å². The van der Waals surface area contributed by atoms with E-state index in [0.717, 1.165) is 5.69 Å². The van der Waals surface area contributed by atoms with Crippen molar-refractivity contribution >= 4 is 11.3 Å². The fraction of sp³-hybridized carbons (Fsp3) is 0.600. The first-order chi connectivity index (χ1) is 6.51. The molecule has 0 fully saturated rings. The van der Waals surface area contributed by atoms with Gasteiger partial charge in [-0.25, -0.2) is 4.98 Å². The number of hydrogen-bond donors (Lipinski definition) is 1. The lowest BCUT2D eigenvalue weighted by Crippen LogP contribution is -2.44. The Morgan fingerprint density at radius 1 is 1.64 bits per heavy atom. The summed E-state index contributed by atoms with van der Waals surface area (Å²) in [5, 5.41) is 14.2. The zero-order valence-electron chi connectivity index (χ0n) is 8.74. The van der Waals surface area contributed by atoms with Gasteiger partial charge in [0.25, 0.3) is 0 Å². The van der Waals surface area contributed by atoms with Gasteiger partial charge < -0.3 is 0 Å². The Kier molecular flexibility index (Phi) is 3.62. The maximum Gasteiger partial charge on any atom is 0.101 e. The van der Waals surface area contributed by atoms with Crippen molar-refractivity contribution in [2.24, 2.45) is 0 Å². The smallest absolute Gasteiger partial charge is 0.101 e. The van der Waals surface area contributed by atoms with Crippen molar-refractivity contribution in [3.63, 3.8) is 0 Å². The van der Waals surface area contributed by atoms with E-state index >= 15 is 0 Å². The van der Waals surface area contributed by atoms with Crippen molar-refractivity contribution in [3.05, 3.63) is 16.6 Å². The first-order valence-corrected chi connectivity index (χ1v) is 5.50. The van der Waals surface area contributed by atoms with Crippen LogP contribution >= 0.6 is 11.3 Å². The molecule has 1 unspecified atom stereocenters. The third-order valence-corrected chi connectivity index (χ3v) is 2.30. The fourth-order valence-corrected chi connectivity index (χ4v) is 1.77. The van der Waals surface area contributed by atoms with E-state index in [4.69, 9.17) is 5.26 Å². The Balaban J connectivity index is 2.53. The van der Waals surface area contributed by atoms with Crippen LogP contribution < -0.4 is 5.32 Å². The second kappa shape index (κ2) is 4.54. The van der Waals surface area contributed by atoms with Crippen molar-refractivity contribution < 1.29 is 0 Å². The molecule has 0 bridgehead atoms. The quantitative estimate of drug-likeness (QED) is 0.828. The van der Waals surface area contributed by atoms with Crippen LogP contribution in [0.5, 0.6) is 0 Å². The van der Waals surface area contributed by atoms with Gasteiger partial charge in [0.15, 0.2) is 0 Å². The highest BCUT2D eigenvalue weighted by Crippen LogP contribution is 2.07. The lowest BCUT2D eigenvalue weighted by Gasteiger charge is -2.23. The van der Waals surface area contributed by atoms with Crippen LogP contribution in [0.15, 0.2) is 10.9 Å². The van der Waals surface area contributed by atoms with Crippen molar-refractivity contribution in [1.82, 2.24) is 10.3 Å². The molecule has 14 heavy (non-hydrogen) atoms. The molecule has 1 aromatic heterocycles. The molecule has 76 valence electrons. The van der Waals surface area contributed by atoms with E-state index < -0.39 is 0 Å². The number of aromatic nitrogens is 1. The summed E-state index contributed by atoms with van der Waals surface area (Å²) in [6.07, 6.45) is 0.678. The first kappa shape index (κ1) is 11.2. The van der Waals surface area contributed by atoms with Gasteiger partial charge in [0.2, 0.25) is 0 Å². The minimum atomic E-state index is -0.155. The third-order valence-electron chi connectivity index (χ3n) is 1.66. The summed E-state index contributed by atoms with van der Waals surface area (Å²) in [6, 6.07) is 2.09. The molecule has 1 rings (SSSR count). The molecule has 1 aromatic rings. The summed E-state index contributed by atoms with van der Waals surface area (Å²) in [5.41, 5.74) is 2.75. The second-order valence-corrected chi connectivity index (χ2v) is 4.98. The summed E-state index contributed by atoms with van der Waals surface area (Å²) in [6.45, 7) is 6.16. The number of nitriles is 1. The Morgan fingerprint density at radius 3 is 2.79 bits per heavy atom. The molecular formula is C10H15N3S. The van der Waals surface area contributed by atoms with Gasteiger partial charge in [-0.2, -0.15) is 5.26 Å². The predicted octanol–water partition coefficient (Wildman–Crippen LogP) is 1.97. The molecular weight excluding hydrogens is 194 g/mol. The van der Waals surface area contributed by atoms with E-state index in [2.05, 4.69) is 37.1 Å². The highest BCUT2D eigenvalue weighted by molar-refractivity contribution is 7.07. The SMILES string of the molecule is CC(C)(C)NC(C#N)Cc1cscn1. The molecule has 0 aromatic carbocycles. The van der Waals surface area contributed by atoms with Crippen molar-refractivity contribution in [2.75, 3.05) is 0 Å². The van der Waals surface area contributed by atoms with E-state index in [-0.39, 0.29) is 11.6 Å². The molecule has 0 saturated carbocycles. The Morgan fingerprint density at radius 2 is 2.36 bits per heavy atom. The maximum atomic E-state index is 8.95. The summed E-state index contributed by atoms with van der Waals surface area (Å²) >= 11 is 1.56. The van der Waals surface area contributed by atoms with Crippen LogP contribution in [0.2, 0.25) is 0 Å². The second-order valence-electron chi connectivity index (χ2n) is 4.26. The normalized spacial score (nSPS) is 13.6. The minimum absolute atomic E-state index is 0.0313. The molecule has 3 nitrogen and oxygen atoms in total. The van der Waals surface area contributed by atoms with Crippen molar-refractivity contribution in [1.29, 1.82) is 5.26 Å². The molecule has 1 N–H and O–H groups in total. The van der Waals surface area contributed by atoms with Gasteiger partial charge in [-0.3, -0.25) is 5.32 Å². The summed E-state index contributed by atoms with van der Waals surface area (Å²) < 4.78 is 0. The molecule has 0 aliphatic heterocycles. The number of rotatable bonds is 3. The molecule has 0 aliphatic rings. The number of nitrogens with one attached hydrogen (secondary N) is 1. The molecule has 1 atom stereocenters.